The van der Waals surface area contributed by atoms with E-state index in [1.807, 2.05) is 12.1 Å². The molecule has 1 aromatic heterocycles. The van der Waals surface area contributed by atoms with E-state index in [1.54, 1.807) is 12.1 Å². The molecule has 0 amide bonds. The Morgan fingerprint density at radius 1 is 1.12 bits per heavy atom. The molecule has 0 atom stereocenters. The number of aromatic nitrogens is 2. The zero-order chi connectivity index (χ0) is 18.2. The monoisotopic (exact) mass is 347 g/mol. The zero-order valence-corrected chi connectivity index (χ0v) is 13.5. The first-order chi connectivity index (χ1) is 11.8. The summed E-state index contributed by atoms with van der Waals surface area (Å²) < 4.78 is 39.6. The van der Waals surface area contributed by atoms with E-state index in [4.69, 9.17) is 5.84 Å². The highest BCUT2D eigenvalue weighted by Crippen LogP contribution is 2.30. The van der Waals surface area contributed by atoms with Gasteiger partial charge in [-0.3, -0.25) is 4.79 Å². The molecular weight excluding hydrogens is 331 g/mol. The van der Waals surface area contributed by atoms with Crippen LogP contribution in [0.5, 0.6) is 0 Å². The molecule has 130 valence electrons. The Balaban J connectivity index is 2.17. The molecule has 0 saturated carbocycles. The summed E-state index contributed by atoms with van der Waals surface area (Å²) in [5.74, 6) is 5.95. The minimum absolute atomic E-state index is 0.0332. The molecule has 0 aliphatic heterocycles. The van der Waals surface area contributed by atoms with Crippen LogP contribution in [0.2, 0.25) is 0 Å². The average molecular weight is 347 g/mol. The van der Waals surface area contributed by atoms with Gasteiger partial charge in [0.2, 0.25) is 0 Å². The predicted molar refractivity (Wildman–Crippen MR) is 90.6 cm³/mol. The fourth-order valence-corrected chi connectivity index (χ4v) is 2.69. The Kier molecular flexibility index (Phi) is 4.24. The Morgan fingerprint density at radius 2 is 1.80 bits per heavy atom. The fraction of sp³-hybridized carbons (Fsp3) is 0.222. The predicted octanol–water partition coefficient (Wildman–Crippen LogP) is 3.75. The van der Waals surface area contributed by atoms with E-state index in [-0.39, 0.29) is 16.7 Å². The molecule has 1 heterocycles. The number of nitrogens with zero attached hydrogens (tertiary/aromatic N) is 2. The summed E-state index contributed by atoms with van der Waals surface area (Å²) in [7, 11) is 0. The van der Waals surface area contributed by atoms with Gasteiger partial charge in [0.15, 0.2) is 5.82 Å². The van der Waals surface area contributed by atoms with Crippen molar-refractivity contribution < 1.29 is 13.2 Å². The summed E-state index contributed by atoms with van der Waals surface area (Å²) in [6.45, 7) is 2.06. The molecule has 2 aromatic carbocycles. The summed E-state index contributed by atoms with van der Waals surface area (Å²) in [6.07, 6.45) is -2.60. The number of rotatable bonds is 3. The lowest BCUT2D eigenvalue weighted by molar-refractivity contribution is -0.137. The number of benzene rings is 2. The van der Waals surface area contributed by atoms with Crippen molar-refractivity contribution in [2.75, 3.05) is 5.84 Å². The lowest BCUT2D eigenvalue weighted by atomic mass is 10.1. The number of hydrogen-bond acceptors (Lipinski definition) is 3. The van der Waals surface area contributed by atoms with Crippen molar-refractivity contribution in [3.05, 3.63) is 63.9 Å². The largest absolute Gasteiger partial charge is 0.416 e. The summed E-state index contributed by atoms with van der Waals surface area (Å²) in [5.41, 5.74) is 0.211. The van der Waals surface area contributed by atoms with Crippen molar-refractivity contribution in [3.63, 3.8) is 0 Å². The summed E-state index contributed by atoms with van der Waals surface area (Å²) in [4.78, 5) is 16.6. The third-order valence-electron chi connectivity index (χ3n) is 3.98. The number of halogens is 3. The number of fused-ring (bicyclic) bond motifs is 1. The quantitative estimate of drug-likeness (QED) is 0.734. The van der Waals surface area contributed by atoms with Crippen LogP contribution in [0.25, 0.3) is 22.3 Å². The van der Waals surface area contributed by atoms with Crippen LogP contribution in [0.15, 0.2) is 47.3 Å². The maximum Gasteiger partial charge on any atom is 0.416 e. The highest BCUT2D eigenvalue weighted by atomic mass is 19.4. The van der Waals surface area contributed by atoms with E-state index in [2.05, 4.69) is 11.9 Å². The normalized spacial score (nSPS) is 11.8. The van der Waals surface area contributed by atoms with E-state index in [9.17, 15) is 18.0 Å². The molecule has 0 bridgehead atoms. The first-order valence-electron chi connectivity index (χ1n) is 7.79. The maximum atomic E-state index is 12.9. The molecule has 0 spiro atoms. The molecule has 0 aliphatic carbocycles. The molecule has 0 fully saturated rings. The number of hydrogen-bond donors (Lipinski definition) is 1. The average Bonchev–Trinajstić information content (AvgIpc) is 2.58. The van der Waals surface area contributed by atoms with Crippen LogP contribution in [0, 0.1) is 0 Å². The topological polar surface area (TPSA) is 60.9 Å². The smallest absolute Gasteiger partial charge is 0.334 e. The van der Waals surface area contributed by atoms with Gasteiger partial charge in [0, 0.05) is 5.56 Å². The Bertz CT molecular complexity index is 976. The molecule has 0 saturated heterocycles. The first kappa shape index (κ1) is 17.0. The van der Waals surface area contributed by atoms with Gasteiger partial charge < -0.3 is 5.84 Å². The molecule has 0 unspecified atom stereocenters. The van der Waals surface area contributed by atoms with Crippen LogP contribution in [0.1, 0.15) is 24.5 Å². The van der Waals surface area contributed by atoms with Crippen LogP contribution in [0.3, 0.4) is 0 Å². The summed E-state index contributed by atoms with van der Waals surface area (Å²) in [6, 6.07) is 10.1. The Morgan fingerprint density at radius 3 is 2.40 bits per heavy atom. The van der Waals surface area contributed by atoms with Gasteiger partial charge in [-0.2, -0.15) is 13.2 Å². The molecule has 4 nitrogen and oxygen atoms in total. The number of alkyl halides is 3. The van der Waals surface area contributed by atoms with Gasteiger partial charge in [-0.1, -0.05) is 37.6 Å². The Hall–Kier alpha value is -2.83. The van der Waals surface area contributed by atoms with Crippen LogP contribution >= 0.6 is 0 Å². The molecule has 0 radical (unpaired) electrons. The molecule has 25 heavy (non-hydrogen) atoms. The lowest BCUT2D eigenvalue weighted by Crippen LogP contribution is -2.30. The summed E-state index contributed by atoms with van der Waals surface area (Å²) >= 11 is 0. The third kappa shape index (κ3) is 3.22. The SMILES string of the molecule is CCCc1ccc(-c2nc3cc(C(F)(F)F)ccc3c(=O)n2N)cc1. The lowest BCUT2D eigenvalue weighted by Gasteiger charge is -2.11. The zero-order valence-electron chi connectivity index (χ0n) is 13.5. The maximum absolute atomic E-state index is 12.9. The third-order valence-corrected chi connectivity index (χ3v) is 3.98. The molecule has 0 aliphatic rings. The molecule has 3 aromatic rings. The van der Waals surface area contributed by atoms with Crippen molar-refractivity contribution in [2.24, 2.45) is 0 Å². The van der Waals surface area contributed by atoms with E-state index >= 15 is 0 Å². The second-order valence-corrected chi connectivity index (χ2v) is 5.79. The van der Waals surface area contributed by atoms with Gasteiger partial charge in [-0.15, -0.1) is 0 Å². The van der Waals surface area contributed by atoms with Crippen molar-refractivity contribution in [2.45, 2.75) is 25.9 Å². The van der Waals surface area contributed by atoms with Gasteiger partial charge in [-0.05, 0) is 30.2 Å². The van der Waals surface area contributed by atoms with E-state index < -0.39 is 17.3 Å². The number of aryl methyl sites for hydroxylation is 1. The van der Waals surface area contributed by atoms with Gasteiger partial charge >= 0.3 is 6.18 Å². The molecular formula is C18H16F3N3O. The van der Waals surface area contributed by atoms with Gasteiger partial charge in [0.05, 0.1) is 16.5 Å². The highest BCUT2D eigenvalue weighted by Gasteiger charge is 2.31. The van der Waals surface area contributed by atoms with Gasteiger partial charge in [-0.25, -0.2) is 9.66 Å². The Labute approximate surface area is 141 Å². The first-order valence-corrected chi connectivity index (χ1v) is 7.79. The second-order valence-electron chi connectivity index (χ2n) is 5.79. The molecule has 3 rings (SSSR count). The number of nitrogens with two attached hydrogens (primary N) is 1. The van der Waals surface area contributed by atoms with Crippen LogP contribution in [0.4, 0.5) is 13.2 Å². The van der Waals surface area contributed by atoms with Crippen molar-refractivity contribution >= 4 is 10.9 Å². The van der Waals surface area contributed by atoms with E-state index in [0.717, 1.165) is 41.3 Å². The standard InChI is InChI=1S/C18H16F3N3O/c1-2-3-11-4-6-12(7-5-11)16-23-15-10-13(18(19,20)21)8-9-14(15)17(25)24(16)22/h4-10H,2-3,22H2,1H3. The van der Waals surface area contributed by atoms with Crippen molar-refractivity contribution in [1.29, 1.82) is 0 Å². The number of nitrogen functional groups attached to an aromatic ring is 1. The van der Waals surface area contributed by atoms with Crippen LogP contribution in [-0.4, -0.2) is 9.66 Å². The fourth-order valence-electron chi connectivity index (χ4n) is 2.69. The summed E-state index contributed by atoms with van der Waals surface area (Å²) in [5, 5.41) is 0.0434. The minimum atomic E-state index is -4.50. The minimum Gasteiger partial charge on any atom is -0.334 e. The van der Waals surface area contributed by atoms with E-state index in [1.165, 1.54) is 0 Å². The van der Waals surface area contributed by atoms with Crippen LogP contribution in [-0.2, 0) is 12.6 Å². The highest BCUT2D eigenvalue weighted by molar-refractivity contribution is 5.80. The van der Waals surface area contributed by atoms with Crippen molar-refractivity contribution in [1.82, 2.24) is 9.66 Å². The van der Waals surface area contributed by atoms with Crippen LogP contribution < -0.4 is 11.4 Å². The van der Waals surface area contributed by atoms with E-state index in [0.29, 0.717) is 5.56 Å². The second kappa shape index (κ2) is 6.23. The van der Waals surface area contributed by atoms with Gasteiger partial charge in [0.1, 0.15) is 0 Å². The molecule has 7 heteroatoms. The molecule has 2 N–H and O–H groups in total. The van der Waals surface area contributed by atoms with Gasteiger partial charge in [0.25, 0.3) is 5.56 Å². The van der Waals surface area contributed by atoms with Crippen molar-refractivity contribution in [3.8, 4) is 11.4 Å².